The quantitative estimate of drug-likeness (QED) is 0.221. The molecular weight excluding hydrogens is 502 g/mol. The van der Waals surface area contributed by atoms with Gasteiger partial charge in [0.1, 0.15) is 28.0 Å². The van der Waals surface area contributed by atoms with Crippen LogP contribution >= 0.6 is 22.9 Å². The minimum atomic E-state index is -0.287. The summed E-state index contributed by atoms with van der Waals surface area (Å²) in [6.07, 6.45) is 0. The average Bonchev–Trinajstić information content (AvgIpc) is 3.26. The summed E-state index contributed by atoms with van der Waals surface area (Å²) in [5, 5.41) is 17.6. The second-order valence-electron chi connectivity index (χ2n) is 8.46. The molecule has 1 amide bonds. The average molecular weight is 524 g/mol. The number of benzene rings is 3. The van der Waals surface area contributed by atoms with E-state index in [-0.39, 0.29) is 17.3 Å². The van der Waals surface area contributed by atoms with Crippen molar-refractivity contribution in [1.29, 1.82) is 5.26 Å². The van der Waals surface area contributed by atoms with Crippen molar-refractivity contribution in [2.45, 2.75) is 13.5 Å². The van der Waals surface area contributed by atoms with E-state index < -0.39 is 0 Å². The maximum atomic E-state index is 13.6. The largest absolute Gasteiger partial charge is 0.383 e. The zero-order valence-electron chi connectivity index (χ0n) is 19.9. The van der Waals surface area contributed by atoms with E-state index in [1.165, 1.54) is 11.3 Å². The molecular formula is C29H22ClN5OS. The van der Waals surface area contributed by atoms with Gasteiger partial charge in [0, 0.05) is 22.8 Å². The van der Waals surface area contributed by atoms with Crippen molar-refractivity contribution in [1.82, 2.24) is 10.3 Å². The number of nitriles is 1. The first kappa shape index (κ1) is 24.3. The highest BCUT2D eigenvalue weighted by molar-refractivity contribution is 7.24. The van der Waals surface area contributed by atoms with Crippen LogP contribution in [0.5, 0.6) is 0 Å². The lowest BCUT2D eigenvalue weighted by atomic mass is 10.00. The van der Waals surface area contributed by atoms with Gasteiger partial charge in [-0.1, -0.05) is 72.3 Å². The Bertz CT molecular complexity index is 1660. The Morgan fingerprint density at radius 1 is 1.05 bits per heavy atom. The molecule has 37 heavy (non-hydrogen) atoms. The van der Waals surface area contributed by atoms with E-state index in [1.807, 2.05) is 73.7 Å². The van der Waals surface area contributed by atoms with Crippen LogP contribution in [-0.2, 0) is 6.54 Å². The molecule has 0 radical (unpaired) electrons. The molecule has 0 aliphatic rings. The fourth-order valence-corrected chi connectivity index (χ4v) is 5.47. The topological polar surface area (TPSA) is 104 Å². The van der Waals surface area contributed by atoms with Gasteiger partial charge in [0.15, 0.2) is 0 Å². The molecule has 0 saturated heterocycles. The number of nitrogens with two attached hydrogens (primary N) is 1. The molecule has 4 N–H and O–H groups in total. The SMILES string of the molecule is Cc1ccccc1Nc1sc2c(-c3ccc(Cl)cc3)c(C#N)c(N)nc2c1C(=O)NCc1ccccc1. The van der Waals surface area contributed by atoms with E-state index >= 15 is 0 Å². The summed E-state index contributed by atoms with van der Waals surface area (Å²) in [7, 11) is 0. The molecule has 0 unspecified atom stereocenters. The number of nitrogen functional groups attached to an aromatic ring is 1. The van der Waals surface area contributed by atoms with Gasteiger partial charge in [-0.25, -0.2) is 4.98 Å². The Hall–Kier alpha value is -4.38. The number of fused-ring (bicyclic) bond motifs is 1. The van der Waals surface area contributed by atoms with E-state index in [1.54, 1.807) is 12.1 Å². The molecule has 8 heteroatoms. The maximum absolute atomic E-state index is 13.6. The normalized spacial score (nSPS) is 10.7. The first-order valence-corrected chi connectivity index (χ1v) is 12.7. The van der Waals surface area contributed by atoms with E-state index in [4.69, 9.17) is 17.3 Å². The number of nitrogens with one attached hydrogen (secondary N) is 2. The number of rotatable bonds is 6. The second kappa shape index (κ2) is 10.3. The Kier molecular flexibility index (Phi) is 6.78. The van der Waals surface area contributed by atoms with Crippen molar-refractivity contribution >= 4 is 55.6 Å². The predicted octanol–water partition coefficient (Wildman–Crippen LogP) is 7.05. The number of pyridine rings is 1. The summed E-state index contributed by atoms with van der Waals surface area (Å²) >= 11 is 7.49. The van der Waals surface area contributed by atoms with Gasteiger partial charge in [-0.05, 0) is 41.8 Å². The number of hydrogen-bond acceptors (Lipinski definition) is 6. The van der Waals surface area contributed by atoms with Crippen molar-refractivity contribution < 1.29 is 4.79 Å². The molecule has 0 aliphatic carbocycles. The molecule has 182 valence electrons. The molecule has 5 aromatic rings. The molecule has 0 atom stereocenters. The number of aryl methyl sites for hydroxylation is 1. The molecule has 0 bridgehead atoms. The number of thiophene rings is 1. The van der Waals surface area contributed by atoms with Gasteiger partial charge in [-0.3, -0.25) is 4.79 Å². The van der Waals surface area contributed by atoms with Crippen molar-refractivity contribution in [3.63, 3.8) is 0 Å². The molecule has 0 spiro atoms. The van der Waals surface area contributed by atoms with Gasteiger partial charge < -0.3 is 16.4 Å². The van der Waals surface area contributed by atoms with Crippen LogP contribution < -0.4 is 16.4 Å². The lowest BCUT2D eigenvalue weighted by Gasteiger charge is -2.11. The van der Waals surface area contributed by atoms with E-state index in [2.05, 4.69) is 21.7 Å². The van der Waals surface area contributed by atoms with E-state index in [0.29, 0.717) is 37.9 Å². The van der Waals surface area contributed by atoms with Gasteiger partial charge in [0.25, 0.3) is 5.91 Å². The van der Waals surface area contributed by atoms with Crippen molar-refractivity contribution in [3.05, 3.63) is 106 Å². The number of anilines is 3. The van der Waals surface area contributed by atoms with E-state index in [9.17, 15) is 10.1 Å². The maximum Gasteiger partial charge on any atom is 0.256 e. The number of nitrogens with zero attached hydrogens (tertiary/aromatic N) is 2. The minimum absolute atomic E-state index is 0.0669. The Balaban J connectivity index is 1.70. The summed E-state index contributed by atoms with van der Waals surface area (Å²) < 4.78 is 0.689. The fraction of sp³-hybridized carbons (Fsp3) is 0.0690. The lowest BCUT2D eigenvalue weighted by Crippen LogP contribution is -2.23. The number of halogens is 1. The highest BCUT2D eigenvalue weighted by Gasteiger charge is 2.26. The Morgan fingerprint density at radius 3 is 2.46 bits per heavy atom. The van der Waals surface area contributed by atoms with Gasteiger partial charge in [0.05, 0.1) is 10.2 Å². The Morgan fingerprint density at radius 2 is 1.76 bits per heavy atom. The zero-order valence-corrected chi connectivity index (χ0v) is 21.5. The first-order chi connectivity index (χ1) is 18.0. The second-order valence-corrected chi connectivity index (χ2v) is 9.91. The number of hydrogen-bond donors (Lipinski definition) is 3. The molecule has 0 aliphatic heterocycles. The van der Waals surface area contributed by atoms with Crippen LogP contribution in [-0.4, -0.2) is 10.9 Å². The lowest BCUT2D eigenvalue weighted by molar-refractivity contribution is 0.0953. The molecule has 2 heterocycles. The summed E-state index contributed by atoms with van der Waals surface area (Å²) in [5.41, 5.74) is 11.6. The molecule has 0 fully saturated rings. The third-order valence-corrected chi connectivity index (χ3v) is 7.37. The summed E-state index contributed by atoms with van der Waals surface area (Å²) in [5.74, 6) is -0.220. The van der Waals surface area contributed by atoms with E-state index in [0.717, 1.165) is 22.4 Å². The highest BCUT2D eigenvalue weighted by atomic mass is 35.5. The fourth-order valence-electron chi connectivity index (χ4n) is 4.12. The minimum Gasteiger partial charge on any atom is -0.383 e. The highest BCUT2D eigenvalue weighted by Crippen LogP contribution is 2.44. The molecule has 3 aromatic carbocycles. The number of carbonyl (C=O) groups excluding carboxylic acids is 1. The zero-order chi connectivity index (χ0) is 25.9. The number of amides is 1. The van der Waals surface area contributed by atoms with Crippen LogP contribution in [0.1, 0.15) is 27.0 Å². The van der Waals surface area contributed by atoms with Crippen LogP contribution in [0.15, 0.2) is 78.9 Å². The van der Waals surface area contributed by atoms with Gasteiger partial charge in [0.2, 0.25) is 0 Å². The predicted molar refractivity (Wildman–Crippen MR) is 151 cm³/mol. The smallest absolute Gasteiger partial charge is 0.256 e. The third kappa shape index (κ3) is 4.85. The summed E-state index contributed by atoms with van der Waals surface area (Å²) in [4.78, 5) is 18.2. The molecule has 5 rings (SSSR count). The van der Waals surface area contributed by atoms with Crippen LogP contribution in [0.2, 0.25) is 5.02 Å². The van der Waals surface area contributed by atoms with Crippen LogP contribution in [0.3, 0.4) is 0 Å². The number of carbonyl (C=O) groups is 1. The van der Waals surface area contributed by atoms with Crippen molar-refractivity contribution in [2.24, 2.45) is 0 Å². The van der Waals surface area contributed by atoms with Crippen molar-refractivity contribution in [2.75, 3.05) is 11.1 Å². The summed E-state index contributed by atoms with van der Waals surface area (Å²) in [6.45, 7) is 2.35. The van der Waals surface area contributed by atoms with Gasteiger partial charge >= 0.3 is 0 Å². The van der Waals surface area contributed by atoms with Crippen LogP contribution in [0, 0.1) is 18.3 Å². The number of aromatic nitrogens is 1. The number of para-hydroxylation sites is 1. The molecule has 6 nitrogen and oxygen atoms in total. The molecule has 2 aromatic heterocycles. The first-order valence-electron chi connectivity index (χ1n) is 11.5. The van der Waals surface area contributed by atoms with Crippen LogP contribution in [0.4, 0.5) is 16.5 Å². The third-order valence-electron chi connectivity index (χ3n) is 6.01. The van der Waals surface area contributed by atoms with Crippen molar-refractivity contribution in [3.8, 4) is 17.2 Å². The monoisotopic (exact) mass is 523 g/mol. The molecule has 0 saturated carbocycles. The standard InChI is InChI=1S/C29H22ClN5OS/c1-17-7-5-6-10-22(17)34-29-24(28(36)33-16-18-8-3-2-4-9-18)25-26(37-29)23(21(15-31)27(32)35-25)19-11-13-20(30)14-12-19/h2-14,34H,16H2,1H3,(H2,32,35)(H,33,36). The van der Waals surface area contributed by atoms with Crippen LogP contribution in [0.25, 0.3) is 21.3 Å². The summed E-state index contributed by atoms with van der Waals surface area (Å²) in [6, 6.07) is 26.9. The Labute approximate surface area is 223 Å². The van der Waals surface area contributed by atoms with Gasteiger partial charge in [-0.15, -0.1) is 11.3 Å². The van der Waals surface area contributed by atoms with Gasteiger partial charge in [-0.2, -0.15) is 5.26 Å².